The van der Waals surface area contributed by atoms with Crippen LogP contribution in [0.3, 0.4) is 0 Å². The molecule has 0 spiro atoms. The summed E-state index contributed by atoms with van der Waals surface area (Å²) in [5.41, 5.74) is 0.360. The predicted octanol–water partition coefficient (Wildman–Crippen LogP) is 8.72. The molecule has 0 aromatic carbocycles. The first-order valence-electron chi connectivity index (χ1n) is 16.8. The molecule has 7 unspecified atom stereocenters. The molecule has 11 atom stereocenters. The molecule has 4 rings (SSSR count). The molecule has 0 amide bonds. The van der Waals surface area contributed by atoms with Crippen molar-refractivity contribution in [3.8, 4) is 0 Å². The van der Waals surface area contributed by atoms with E-state index in [2.05, 4.69) is 79.7 Å². The molecule has 5 nitrogen and oxygen atoms in total. The summed E-state index contributed by atoms with van der Waals surface area (Å²) in [6, 6.07) is 0. The highest BCUT2D eigenvalue weighted by Crippen LogP contribution is 2.69. The number of rotatable bonds is 9. The summed E-state index contributed by atoms with van der Waals surface area (Å²) in [7, 11) is -3.62. The fraction of sp³-hybridized carbons (Fsp3) is 0.970. The molecule has 0 saturated heterocycles. The van der Waals surface area contributed by atoms with Gasteiger partial charge in [-0.25, -0.2) is 0 Å². The van der Waals surface area contributed by atoms with Crippen LogP contribution in [0, 0.1) is 46.3 Å². The van der Waals surface area contributed by atoms with Gasteiger partial charge >= 0.3 is 5.97 Å². The van der Waals surface area contributed by atoms with Gasteiger partial charge in [0.1, 0.15) is 0 Å². The molecule has 4 aliphatic rings. The lowest BCUT2D eigenvalue weighted by Crippen LogP contribution is -2.64. The SMILES string of the molecule is COC(=O)CC(C)C1CCC2C3C(C[C@H](O[Si](C)(C)C)C12C)C1(C)CC[C@@H](O[Si](C)(C)C)C[C@H]1C[C@H]3O[Si](C)(C)C. The second-order valence-electron chi connectivity index (χ2n) is 17.9. The minimum atomic E-state index is -1.80. The van der Waals surface area contributed by atoms with E-state index in [1.54, 1.807) is 0 Å². The van der Waals surface area contributed by atoms with Crippen LogP contribution in [0.2, 0.25) is 58.9 Å². The lowest BCUT2D eigenvalue weighted by molar-refractivity contribution is -0.199. The van der Waals surface area contributed by atoms with Gasteiger partial charge in [-0.15, -0.1) is 0 Å². The zero-order valence-electron chi connectivity index (χ0n) is 28.9. The molecule has 4 saturated carbocycles. The number of hydrogen-bond acceptors (Lipinski definition) is 5. The molecule has 4 aliphatic carbocycles. The third-order valence-electron chi connectivity index (χ3n) is 11.7. The molecule has 0 bridgehead atoms. The van der Waals surface area contributed by atoms with Gasteiger partial charge in [-0.1, -0.05) is 20.8 Å². The van der Waals surface area contributed by atoms with Crippen molar-refractivity contribution < 1.29 is 22.8 Å². The van der Waals surface area contributed by atoms with E-state index in [0.29, 0.717) is 59.6 Å². The van der Waals surface area contributed by atoms with Crippen LogP contribution < -0.4 is 0 Å². The lowest BCUT2D eigenvalue weighted by Gasteiger charge is -2.66. The summed E-state index contributed by atoms with van der Waals surface area (Å²) < 4.78 is 26.4. The number of ether oxygens (including phenoxy) is 1. The Morgan fingerprint density at radius 3 is 1.98 bits per heavy atom. The van der Waals surface area contributed by atoms with Gasteiger partial charge in [0.2, 0.25) is 0 Å². The Balaban J connectivity index is 1.75. The van der Waals surface area contributed by atoms with Crippen LogP contribution in [-0.2, 0) is 22.8 Å². The average molecular weight is 625 g/mol. The minimum absolute atomic E-state index is 0.0529. The summed E-state index contributed by atoms with van der Waals surface area (Å²) in [5, 5.41) is 0. The highest BCUT2D eigenvalue weighted by Gasteiger charge is 2.67. The molecule has 0 radical (unpaired) electrons. The van der Waals surface area contributed by atoms with Gasteiger partial charge in [-0.05, 0) is 150 Å². The molecule has 238 valence electrons. The van der Waals surface area contributed by atoms with Crippen molar-refractivity contribution in [1.29, 1.82) is 0 Å². The van der Waals surface area contributed by atoms with Gasteiger partial charge in [-0.2, -0.15) is 0 Å². The van der Waals surface area contributed by atoms with Crippen molar-refractivity contribution in [2.24, 2.45) is 46.3 Å². The molecule has 0 aromatic heterocycles. The standard InChI is InChI=1S/C33H64O5Si3/c1-22(18-30(34)35-4)25-14-15-26-31-27(21-29(33(25,26)3)38-41(11,12)13)32(2)17-16-24(36-39(5,6)7)19-23(32)20-28(31)37-40(8,9)10/h22-29,31H,14-21H2,1-13H3/t22?,23-,24+,25?,26?,27?,28+,29-,31?,32?,33?/m0/s1. The Kier molecular flexibility index (Phi) is 9.70. The normalized spacial score (nSPS) is 42.2. The van der Waals surface area contributed by atoms with Gasteiger partial charge in [0.15, 0.2) is 25.0 Å². The summed E-state index contributed by atoms with van der Waals surface area (Å²) >= 11 is 0. The van der Waals surface area contributed by atoms with Crippen molar-refractivity contribution in [3.05, 3.63) is 0 Å². The lowest BCUT2D eigenvalue weighted by atomic mass is 9.43. The number of fused-ring (bicyclic) bond motifs is 5. The largest absolute Gasteiger partial charge is 0.469 e. The average Bonchev–Trinajstić information content (AvgIpc) is 3.16. The molecule has 0 aliphatic heterocycles. The van der Waals surface area contributed by atoms with Crippen LogP contribution in [-0.4, -0.2) is 56.3 Å². The van der Waals surface area contributed by atoms with E-state index >= 15 is 0 Å². The molecule has 0 heterocycles. The zero-order valence-corrected chi connectivity index (χ0v) is 31.9. The summed E-state index contributed by atoms with van der Waals surface area (Å²) in [6.45, 7) is 28.7. The van der Waals surface area contributed by atoms with E-state index < -0.39 is 25.0 Å². The number of methoxy groups -OCH3 is 1. The van der Waals surface area contributed by atoms with Crippen molar-refractivity contribution in [2.75, 3.05) is 7.11 Å². The van der Waals surface area contributed by atoms with Crippen molar-refractivity contribution >= 4 is 30.9 Å². The monoisotopic (exact) mass is 624 g/mol. The van der Waals surface area contributed by atoms with Crippen LogP contribution in [0.1, 0.15) is 72.1 Å². The third kappa shape index (κ3) is 7.13. The van der Waals surface area contributed by atoms with E-state index in [0.717, 1.165) is 6.42 Å². The first-order chi connectivity index (χ1) is 18.7. The highest BCUT2D eigenvalue weighted by atomic mass is 28.4. The van der Waals surface area contributed by atoms with Gasteiger partial charge in [0.25, 0.3) is 0 Å². The summed E-state index contributed by atoms with van der Waals surface area (Å²) in [4.78, 5) is 12.4. The smallest absolute Gasteiger partial charge is 0.305 e. The van der Waals surface area contributed by atoms with Crippen molar-refractivity contribution in [3.63, 3.8) is 0 Å². The quantitative estimate of drug-likeness (QED) is 0.190. The van der Waals surface area contributed by atoms with E-state index in [9.17, 15) is 4.79 Å². The van der Waals surface area contributed by atoms with Gasteiger partial charge in [0.05, 0.1) is 13.2 Å². The van der Waals surface area contributed by atoms with Crippen molar-refractivity contribution in [1.82, 2.24) is 0 Å². The third-order valence-corrected chi connectivity index (χ3v) is 14.7. The molecule has 0 N–H and O–H groups in total. The van der Waals surface area contributed by atoms with E-state index in [-0.39, 0.29) is 17.5 Å². The first-order valence-corrected chi connectivity index (χ1v) is 27.0. The van der Waals surface area contributed by atoms with E-state index in [1.165, 1.54) is 45.6 Å². The topological polar surface area (TPSA) is 54.0 Å². The van der Waals surface area contributed by atoms with E-state index in [4.69, 9.17) is 18.0 Å². The number of carbonyl (C=O) groups is 1. The van der Waals surface area contributed by atoms with E-state index in [1.807, 2.05) is 0 Å². The van der Waals surface area contributed by atoms with Crippen LogP contribution in [0.5, 0.6) is 0 Å². The molecular formula is C33H64O5Si3. The highest BCUT2D eigenvalue weighted by molar-refractivity contribution is 6.70. The molecule has 8 heteroatoms. The Morgan fingerprint density at radius 2 is 1.41 bits per heavy atom. The maximum atomic E-state index is 12.4. The number of hydrogen-bond donors (Lipinski definition) is 0. The summed E-state index contributed by atoms with van der Waals surface area (Å²) in [6.07, 6.45) is 9.85. The minimum Gasteiger partial charge on any atom is -0.469 e. The second-order valence-corrected chi connectivity index (χ2v) is 31.3. The van der Waals surface area contributed by atoms with Crippen LogP contribution in [0.25, 0.3) is 0 Å². The maximum Gasteiger partial charge on any atom is 0.305 e. The Labute approximate surface area is 256 Å². The maximum absolute atomic E-state index is 12.4. The molecule has 0 aromatic rings. The second kappa shape index (κ2) is 11.7. The Bertz CT molecular complexity index is 939. The van der Waals surface area contributed by atoms with Crippen LogP contribution in [0.4, 0.5) is 0 Å². The van der Waals surface area contributed by atoms with Gasteiger partial charge < -0.3 is 18.0 Å². The summed E-state index contributed by atoms with van der Waals surface area (Å²) in [5.74, 6) is 3.08. The van der Waals surface area contributed by atoms with Crippen molar-refractivity contribution in [2.45, 2.75) is 149 Å². The molecule has 41 heavy (non-hydrogen) atoms. The fourth-order valence-corrected chi connectivity index (χ4v) is 13.9. The first kappa shape index (κ1) is 33.9. The number of carbonyl (C=O) groups excluding carboxylic acids is 1. The Hall–Kier alpha value is 0.000649. The van der Waals surface area contributed by atoms with Gasteiger partial charge in [0, 0.05) is 18.6 Å². The number of esters is 1. The Morgan fingerprint density at radius 1 is 0.805 bits per heavy atom. The fourth-order valence-electron chi connectivity index (χ4n) is 10.3. The van der Waals surface area contributed by atoms with Crippen LogP contribution in [0.15, 0.2) is 0 Å². The van der Waals surface area contributed by atoms with Gasteiger partial charge in [-0.3, -0.25) is 4.79 Å². The van der Waals surface area contributed by atoms with Crippen LogP contribution >= 0.6 is 0 Å². The zero-order chi connectivity index (χ0) is 30.8. The molecule has 4 fully saturated rings. The predicted molar refractivity (Wildman–Crippen MR) is 176 cm³/mol. The molecular weight excluding hydrogens is 561 g/mol.